The molecule has 10 heteroatoms. The minimum absolute atomic E-state index is 0.204. The summed E-state index contributed by atoms with van der Waals surface area (Å²) in [6, 6.07) is 12.7. The van der Waals surface area contributed by atoms with E-state index in [9.17, 15) is 18.0 Å². The van der Waals surface area contributed by atoms with Gasteiger partial charge in [-0.1, -0.05) is 41.4 Å². The van der Waals surface area contributed by atoms with E-state index < -0.39 is 22.0 Å². The number of rotatable bonds is 8. The Kier molecular flexibility index (Phi) is 8.81. The summed E-state index contributed by atoms with van der Waals surface area (Å²) >= 11 is 7.72. The maximum atomic E-state index is 13.2. The van der Waals surface area contributed by atoms with Crippen molar-refractivity contribution in [2.45, 2.75) is 24.3 Å². The molecular weight excluding hydrogens is 482 g/mol. The number of carbonyl (C=O) groups excluding carboxylic acids is 2. The van der Waals surface area contributed by atoms with Crippen LogP contribution in [-0.2, 0) is 14.8 Å². The molecule has 3 rings (SSSR count). The topological polar surface area (TPSA) is 86.8 Å². The van der Waals surface area contributed by atoms with Gasteiger partial charge in [0.1, 0.15) is 6.04 Å². The maximum absolute atomic E-state index is 13.2. The van der Waals surface area contributed by atoms with E-state index in [1.54, 1.807) is 65.2 Å². The minimum atomic E-state index is -3.61. The van der Waals surface area contributed by atoms with Crippen LogP contribution in [0.2, 0.25) is 5.02 Å². The average molecular weight is 510 g/mol. The fourth-order valence-electron chi connectivity index (χ4n) is 3.60. The van der Waals surface area contributed by atoms with Crippen LogP contribution in [0.5, 0.6) is 0 Å². The first kappa shape index (κ1) is 25.6. The van der Waals surface area contributed by atoms with Gasteiger partial charge in [-0.3, -0.25) is 9.59 Å². The van der Waals surface area contributed by atoms with Crippen LogP contribution in [0.4, 0.5) is 0 Å². The summed E-state index contributed by atoms with van der Waals surface area (Å²) in [5.74, 6) is 0.0820. The predicted molar refractivity (Wildman–Crippen MR) is 132 cm³/mol. The number of aryl methyl sites for hydroxylation is 1. The fourth-order valence-corrected chi connectivity index (χ4v) is 5.72. The first-order valence-corrected chi connectivity index (χ1v) is 13.8. The second-order valence-corrected chi connectivity index (χ2v) is 11.2. The molecule has 0 saturated carbocycles. The van der Waals surface area contributed by atoms with Crippen LogP contribution in [0.15, 0.2) is 53.4 Å². The molecule has 0 radical (unpaired) electrons. The molecule has 1 N–H and O–H groups in total. The molecule has 1 aliphatic heterocycles. The van der Waals surface area contributed by atoms with E-state index in [1.807, 2.05) is 13.2 Å². The van der Waals surface area contributed by atoms with Crippen molar-refractivity contribution in [1.29, 1.82) is 0 Å². The Bertz CT molecular complexity index is 1090. The van der Waals surface area contributed by atoms with Gasteiger partial charge >= 0.3 is 0 Å². The normalized spacial score (nSPS) is 15.8. The number of carbonyl (C=O) groups is 2. The van der Waals surface area contributed by atoms with E-state index in [0.717, 1.165) is 5.56 Å². The van der Waals surface area contributed by atoms with Crippen LogP contribution in [-0.4, -0.2) is 73.7 Å². The number of thioether (sulfide) groups is 1. The van der Waals surface area contributed by atoms with Gasteiger partial charge in [-0.2, -0.15) is 16.1 Å². The monoisotopic (exact) mass is 509 g/mol. The van der Waals surface area contributed by atoms with E-state index in [0.29, 0.717) is 22.8 Å². The van der Waals surface area contributed by atoms with Crippen molar-refractivity contribution in [1.82, 2.24) is 14.5 Å². The molecule has 2 aromatic rings. The molecule has 1 fully saturated rings. The van der Waals surface area contributed by atoms with Crippen molar-refractivity contribution in [2.24, 2.45) is 0 Å². The number of amides is 2. The van der Waals surface area contributed by atoms with Crippen LogP contribution in [0.1, 0.15) is 22.3 Å². The third-order valence-corrected chi connectivity index (χ3v) is 8.43. The molecule has 2 amide bonds. The van der Waals surface area contributed by atoms with Crippen molar-refractivity contribution in [3.8, 4) is 0 Å². The molecule has 1 atom stereocenters. The van der Waals surface area contributed by atoms with E-state index >= 15 is 0 Å². The molecule has 1 saturated heterocycles. The lowest BCUT2D eigenvalue weighted by Gasteiger charge is -2.36. The Morgan fingerprint density at radius 1 is 1.06 bits per heavy atom. The summed E-state index contributed by atoms with van der Waals surface area (Å²) in [6.07, 6.45) is 2.41. The molecule has 0 bridgehead atoms. The quantitative estimate of drug-likeness (QED) is 0.591. The number of halogens is 1. The number of benzene rings is 2. The first-order chi connectivity index (χ1) is 15.7. The number of hydrogen-bond donors (Lipinski definition) is 1. The Morgan fingerprint density at radius 2 is 1.70 bits per heavy atom. The molecule has 1 aliphatic rings. The predicted octanol–water partition coefficient (Wildman–Crippen LogP) is 3.03. The molecule has 0 spiro atoms. The lowest BCUT2D eigenvalue weighted by atomic mass is 10.1. The summed E-state index contributed by atoms with van der Waals surface area (Å²) in [5, 5.41) is 3.14. The van der Waals surface area contributed by atoms with Gasteiger partial charge in [0.05, 0.1) is 15.5 Å². The zero-order chi connectivity index (χ0) is 24.0. The second-order valence-electron chi connectivity index (χ2n) is 7.83. The highest BCUT2D eigenvalue weighted by Crippen LogP contribution is 2.20. The number of hydrogen-bond acceptors (Lipinski definition) is 5. The van der Waals surface area contributed by atoms with Crippen molar-refractivity contribution < 1.29 is 18.0 Å². The maximum Gasteiger partial charge on any atom is 0.253 e. The fraction of sp³-hybridized carbons (Fsp3) is 0.391. The van der Waals surface area contributed by atoms with Crippen molar-refractivity contribution in [3.05, 3.63) is 64.7 Å². The highest BCUT2D eigenvalue weighted by Gasteiger charge is 2.33. The van der Waals surface area contributed by atoms with Gasteiger partial charge in [0, 0.05) is 26.2 Å². The van der Waals surface area contributed by atoms with Crippen LogP contribution < -0.4 is 5.32 Å². The molecule has 0 aliphatic carbocycles. The third-order valence-electron chi connectivity index (χ3n) is 5.54. The first-order valence-electron chi connectivity index (χ1n) is 10.6. The Morgan fingerprint density at radius 3 is 2.30 bits per heavy atom. The van der Waals surface area contributed by atoms with Gasteiger partial charge in [0.25, 0.3) is 5.91 Å². The van der Waals surface area contributed by atoms with Gasteiger partial charge in [-0.15, -0.1) is 0 Å². The number of nitrogens with zero attached hydrogens (tertiary/aromatic N) is 2. The number of sulfonamides is 1. The van der Waals surface area contributed by atoms with Crippen LogP contribution in [0.3, 0.4) is 0 Å². The van der Waals surface area contributed by atoms with Crippen LogP contribution >= 0.6 is 23.4 Å². The molecule has 2 aromatic carbocycles. The molecule has 33 heavy (non-hydrogen) atoms. The lowest BCUT2D eigenvalue weighted by molar-refractivity contribution is -0.134. The Hall–Kier alpha value is -2.07. The molecule has 178 valence electrons. The molecule has 1 unspecified atom stereocenters. The average Bonchev–Trinajstić information content (AvgIpc) is 2.82. The Balaban J connectivity index is 1.66. The van der Waals surface area contributed by atoms with Gasteiger partial charge in [-0.05, 0) is 49.6 Å². The summed E-state index contributed by atoms with van der Waals surface area (Å²) in [7, 11) is -3.61. The lowest BCUT2D eigenvalue weighted by Crippen LogP contribution is -2.55. The van der Waals surface area contributed by atoms with Crippen molar-refractivity contribution in [2.75, 3.05) is 38.2 Å². The standard InChI is InChI=1S/C23H28ClN3O4S2/c1-17-7-9-18(10-8-17)33(30,31)27-14-12-26(13-15-27)23(29)21(11-16-32-2)25-22(28)19-5-3-4-6-20(19)24/h3-10,21H,11-16H2,1-2H3,(H,25,28). The van der Waals surface area contributed by atoms with Gasteiger partial charge in [-0.25, -0.2) is 8.42 Å². The third kappa shape index (κ3) is 6.29. The molecular formula is C23H28ClN3O4S2. The molecule has 0 aromatic heterocycles. The summed E-state index contributed by atoms with van der Waals surface area (Å²) in [5.41, 5.74) is 1.30. The summed E-state index contributed by atoms with van der Waals surface area (Å²) < 4.78 is 27.3. The summed E-state index contributed by atoms with van der Waals surface area (Å²) in [6.45, 7) is 2.84. The highest BCUT2D eigenvalue weighted by molar-refractivity contribution is 7.98. The largest absolute Gasteiger partial charge is 0.340 e. The second kappa shape index (κ2) is 11.4. The number of nitrogens with one attached hydrogen (secondary N) is 1. The van der Waals surface area contributed by atoms with E-state index in [1.165, 1.54) is 4.31 Å². The van der Waals surface area contributed by atoms with E-state index in [4.69, 9.17) is 11.6 Å². The molecule has 1 heterocycles. The van der Waals surface area contributed by atoms with Crippen LogP contribution in [0, 0.1) is 6.92 Å². The Labute approximate surface area is 204 Å². The SMILES string of the molecule is CSCCC(NC(=O)c1ccccc1Cl)C(=O)N1CCN(S(=O)(=O)c2ccc(C)cc2)CC1. The van der Waals surface area contributed by atoms with Crippen molar-refractivity contribution >= 4 is 45.2 Å². The van der Waals surface area contributed by atoms with Gasteiger partial charge in [0.15, 0.2) is 0 Å². The summed E-state index contributed by atoms with van der Waals surface area (Å²) in [4.78, 5) is 27.8. The minimum Gasteiger partial charge on any atom is -0.340 e. The van der Waals surface area contributed by atoms with Gasteiger partial charge in [0.2, 0.25) is 15.9 Å². The van der Waals surface area contributed by atoms with Gasteiger partial charge < -0.3 is 10.2 Å². The van der Waals surface area contributed by atoms with Crippen molar-refractivity contribution in [3.63, 3.8) is 0 Å². The zero-order valence-corrected chi connectivity index (χ0v) is 21.0. The van der Waals surface area contributed by atoms with E-state index in [2.05, 4.69) is 5.32 Å². The van der Waals surface area contributed by atoms with Crippen LogP contribution in [0.25, 0.3) is 0 Å². The highest BCUT2D eigenvalue weighted by atomic mass is 35.5. The number of piperazine rings is 1. The zero-order valence-electron chi connectivity index (χ0n) is 18.7. The smallest absolute Gasteiger partial charge is 0.253 e. The molecule has 7 nitrogen and oxygen atoms in total. The van der Waals surface area contributed by atoms with E-state index in [-0.39, 0.29) is 37.0 Å².